The van der Waals surface area contributed by atoms with Gasteiger partial charge in [-0.1, -0.05) is 30.3 Å². The topological polar surface area (TPSA) is 106 Å². The number of H-pyrrole nitrogens is 1. The van der Waals surface area contributed by atoms with Crippen LogP contribution in [-0.4, -0.2) is 30.6 Å². The largest absolute Gasteiger partial charge is 0.413 e. The molecule has 3 aromatic heterocycles. The van der Waals surface area contributed by atoms with E-state index in [0.717, 1.165) is 16.8 Å². The van der Waals surface area contributed by atoms with Crippen LogP contribution in [0, 0.1) is 13.8 Å². The fourth-order valence-electron chi connectivity index (χ4n) is 2.95. The Morgan fingerprint density at radius 3 is 2.50 bits per heavy atom. The summed E-state index contributed by atoms with van der Waals surface area (Å²) in [4.78, 5) is 29.0. The summed E-state index contributed by atoms with van der Waals surface area (Å²) in [6, 6.07) is 9.71. The molecule has 0 aliphatic heterocycles. The lowest BCUT2D eigenvalue weighted by molar-refractivity contribution is 0.0981. The number of nitrogens with zero attached hydrogens (tertiary/aromatic N) is 4. The third-order valence-corrected chi connectivity index (χ3v) is 4.14. The molecule has 26 heavy (non-hydrogen) atoms. The van der Waals surface area contributed by atoms with Crippen LogP contribution in [-0.2, 0) is 0 Å². The van der Waals surface area contributed by atoms with Gasteiger partial charge in [0.25, 0.3) is 17.3 Å². The average molecular weight is 349 g/mol. The minimum absolute atomic E-state index is 0.0203. The number of carbonyl (C=O) groups is 1. The molecule has 4 rings (SSSR count). The fraction of sp³-hybridized carbons (Fsp3) is 0.167. The lowest BCUT2D eigenvalue weighted by atomic mass is 10.1. The molecule has 0 amide bonds. The molecule has 3 heterocycles. The van der Waals surface area contributed by atoms with E-state index in [-0.39, 0.29) is 28.7 Å². The van der Waals surface area contributed by atoms with Gasteiger partial charge in [-0.15, -0.1) is 10.2 Å². The molecule has 130 valence electrons. The summed E-state index contributed by atoms with van der Waals surface area (Å²) in [5.74, 6) is -0.526. The summed E-state index contributed by atoms with van der Waals surface area (Å²) < 4.78 is 6.68. The van der Waals surface area contributed by atoms with Crippen molar-refractivity contribution in [3.05, 3.63) is 58.0 Å². The molecule has 0 atom stereocenters. The Morgan fingerprint density at radius 1 is 1.12 bits per heavy atom. The summed E-state index contributed by atoms with van der Waals surface area (Å²) in [7, 11) is 0. The normalized spacial score (nSPS) is 11.2. The predicted octanol–water partition coefficient (Wildman–Crippen LogP) is 2.56. The van der Waals surface area contributed by atoms with Crippen molar-refractivity contribution in [1.29, 1.82) is 0 Å². The van der Waals surface area contributed by atoms with E-state index in [1.807, 2.05) is 37.3 Å². The molecular formula is C18H15N5O3. The highest BCUT2D eigenvalue weighted by molar-refractivity contribution is 5.89. The van der Waals surface area contributed by atoms with Crippen LogP contribution in [0.25, 0.3) is 28.2 Å². The van der Waals surface area contributed by atoms with Crippen LogP contribution in [0.3, 0.4) is 0 Å². The molecule has 0 saturated carbocycles. The maximum atomic E-state index is 13.0. The lowest BCUT2D eigenvalue weighted by Crippen LogP contribution is -2.19. The Morgan fingerprint density at radius 2 is 1.85 bits per heavy atom. The number of ketones is 1. The first-order valence-corrected chi connectivity index (χ1v) is 7.99. The van der Waals surface area contributed by atoms with Crippen molar-refractivity contribution in [2.75, 3.05) is 0 Å². The monoisotopic (exact) mass is 349 g/mol. The number of aromatic amines is 1. The molecule has 1 N–H and O–H groups in total. The number of fused-ring (bicyclic) bond motifs is 1. The molecule has 0 radical (unpaired) electrons. The van der Waals surface area contributed by atoms with Gasteiger partial charge in [0.05, 0.1) is 5.69 Å². The molecule has 8 heteroatoms. The summed E-state index contributed by atoms with van der Waals surface area (Å²) in [5.41, 5.74) is 3.40. The van der Waals surface area contributed by atoms with Crippen LogP contribution in [0.4, 0.5) is 0 Å². The summed E-state index contributed by atoms with van der Waals surface area (Å²) in [6.45, 7) is 4.90. The van der Waals surface area contributed by atoms with E-state index in [1.165, 1.54) is 11.4 Å². The van der Waals surface area contributed by atoms with E-state index < -0.39 is 0 Å². The van der Waals surface area contributed by atoms with Gasteiger partial charge in [-0.2, -0.15) is 0 Å². The number of aromatic nitrogens is 5. The highest BCUT2D eigenvalue weighted by Gasteiger charge is 2.22. The van der Waals surface area contributed by atoms with E-state index in [1.54, 1.807) is 6.92 Å². The number of Topliss-reactive ketones (excluding diaryl/α,β-unsaturated/α-hetero) is 1. The number of carbonyl (C=O) groups excluding carboxylic acids is 1. The first kappa shape index (κ1) is 15.9. The molecule has 0 spiro atoms. The Hall–Kier alpha value is -3.55. The molecule has 4 aromatic rings. The van der Waals surface area contributed by atoms with Crippen molar-refractivity contribution in [1.82, 2.24) is 24.8 Å². The zero-order valence-corrected chi connectivity index (χ0v) is 14.4. The molecule has 0 bridgehead atoms. The highest BCUT2D eigenvalue weighted by Crippen LogP contribution is 2.27. The van der Waals surface area contributed by atoms with Crippen LogP contribution in [0.1, 0.15) is 29.0 Å². The molecule has 0 aliphatic rings. The zero-order chi connectivity index (χ0) is 18.4. The fourth-order valence-corrected chi connectivity index (χ4v) is 2.95. The molecule has 0 aliphatic carbocycles. The van der Waals surface area contributed by atoms with Crippen molar-refractivity contribution in [2.24, 2.45) is 0 Å². The van der Waals surface area contributed by atoms with Gasteiger partial charge < -0.3 is 4.42 Å². The first-order chi connectivity index (χ1) is 12.5. The summed E-state index contributed by atoms with van der Waals surface area (Å²) >= 11 is 0. The first-order valence-electron chi connectivity index (χ1n) is 7.99. The SMILES string of the molecule is CC(=O)c1nnc(-c2c(C)nc3c(-c4ccccc4)c(C)[nH]n3c2=O)o1. The molecule has 1 aromatic carbocycles. The van der Waals surface area contributed by atoms with Gasteiger partial charge in [0, 0.05) is 18.2 Å². The smallest absolute Gasteiger partial charge is 0.285 e. The Labute approximate surface area is 147 Å². The molecule has 0 fully saturated rings. The van der Waals surface area contributed by atoms with Gasteiger partial charge in [0.1, 0.15) is 5.56 Å². The van der Waals surface area contributed by atoms with E-state index in [9.17, 15) is 9.59 Å². The highest BCUT2D eigenvalue weighted by atomic mass is 16.4. The zero-order valence-electron chi connectivity index (χ0n) is 14.4. The van der Waals surface area contributed by atoms with Crippen molar-refractivity contribution >= 4 is 11.4 Å². The number of hydrogen-bond donors (Lipinski definition) is 1. The quantitative estimate of drug-likeness (QED) is 0.570. The van der Waals surface area contributed by atoms with Crippen molar-refractivity contribution < 1.29 is 9.21 Å². The second-order valence-electron chi connectivity index (χ2n) is 5.98. The third-order valence-electron chi connectivity index (χ3n) is 4.14. The lowest BCUT2D eigenvalue weighted by Gasteiger charge is -2.03. The van der Waals surface area contributed by atoms with Gasteiger partial charge in [0.2, 0.25) is 5.78 Å². The maximum Gasteiger partial charge on any atom is 0.285 e. The molecule has 0 saturated heterocycles. The Balaban J connectivity index is 1.99. The molecule has 0 unspecified atom stereocenters. The van der Waals surface area contributed by atoms with Crippen LogP contribution in [0.15, 0.2) is 39.5 Å². The van der Waals surface area contributed by atoms with E-state index in [2.05, 4.69) is 20.3 Å². The third kappa shape index (κ3) is 2.34. The molecule has 8 nitrogen and oxygen atoms in total. The number of nitrogens with one attached hydrogen (secondary N) is 1. The van der Waals surface area contributed by atoms with Crippen molar-refractivity contribution in [2.45, 2.75) is 20.8 Å². The van der Waals surface area contributed by atoms with Gasteiger partial charge in [-0.05, 0) is 19.4 Å². The number of benzene rings is 1. The van der Waals surface area contributed by atoms with Crippen LogP contribution >= 0.6 is 0 Å². The number of rotatable bonds is 3. The Bertz CT molecular complexity index is 1200. The second kappa shape index (κ2) is 5.76. The summed E-state index contributed by atoms with van der Waals surface area (Å²) in [6.07, 6.45) is 0. The molecular weight excluding hydrogens is 334 g/mol. The standard InChI is InChI=1S/C18H15N5O3/c1-9-14(17-21-20-16(26-17)11(3)24)18(25)23-15(19-9)13(10(2)22-23)12-7-5-4-6-8-12/h4-8,22H,1-3H3. The van der Waals surface area contributed by atoms with Gasteiger partial charge in [0.15, 0.2) is 5.65 Å². The van der Waals surface area contributed by atoms with Crippen LogP contribution in [0.2, 0.25) is 0 Å². The van der Waals surface area contributed by atoms with E-state index in [0.29, 0.717) is 11.3 Å². The van der Waals surface area contributed by atoms with Crippen LogP contribution in [0.5, 0.6) is 0 Å². The van der Waals surface area contributed by atoms with Crippen molar-refractivity contribution in [3.63, 3.8) is 0 Å². The van der Waals surface area contributed by atoms with Gasteiger partial charge >= 0.3 is 0 Å². The van der Waals surface area contributed by atoms with E-state index >= 15 is 0 Å². The minimum atomic E-state index is -0.364. The second-order valence-corrected chi connectivity index (χ2v) is 5.98. The van der Waals surface area contributed by atoms with Crippen LogP contribution < -0.4 is 5.56 Å². The minimum Gasteiger partial charge on any atom is -0.413 e. The van der Waals surface area contributed by atoms with Gasteiger partial charge in [-0.3, -0.25) is 14.7 Å². The number of aryl methyl sites for hydroxylation is 2. The maximum absolute atomic E-state index is 13.0. The van der Waals surface area contributed by atoms with Gasteiger partial charge in [-0.25, -0.2) is 9.50 Å². The van der Waals surface area contributed by atoms with E-state index in [4.69, 9.17) is 4.42 Å². The van der Waals surface area contributed by atoms with Crippen molar-refractivity contribution in [3.8, 4) is 22.6 Å². The Kier molecular flexibility index (Phi) is 3.54. The number of hydrogen-bond acceptors (Lipinski definition) is 6. The predicted molar refractivity (Wildman–Crippen MR) is 94.0 cm³/mol. The summed E-state index contributed by atoms with van der Waals surface area (Å²) in [5, 5.41) is 10.5. The average Bonchev–Trinajstić information content (AvgIpc) is 3.21.